The fourth-order valence-corrected chi connectivity index (χ4v) is 1.52. The minimum absolute atomic E-state index is 0.400. The molecule has 2 rings (SSSR count). The molecule has 0 aromatic heterocycles. The van der Waals surface area contributed by atoms with Crippen LogP contribution in [0, 0.1) is 5.92 Å². The summed E-state index contributed by atoms with van der Waals surface area (Å²) in [6, 6.07) is 0. The van der Waals surface area contributed by atoms with Crippen molar-refractivity contribution in [2.75, 3.05) is 32.8 Å². The first-order valence-corrected chi connectivity index (χ1v) is 4.98. The molecule has 1 unspecified atom stereocenters. The van der Waals surface area contributed by atoms with Crippen LogP contribution in [0.5, 0.6) is 0 Å². The van der Waals surface area contributed by atoms with Crippen LogP contribution in [0.1, 0.15) is 12.8 Å². The van der Waals surface area contributed by atoms with E-state index in [2.05, 4.69) is 10.6 Å². The zero-order chi connectivity index (χ0) is 8.23. The number of hydrogen-bond acceptors (Lipinski definition) is 3. The molecule has 0 radical (unpaired) electrons. The van der Waals surface area contributed by atoms with Gasteiger partial charge in [-0.25, -0.2) is 0 Å². The molecule has 1 aliphatic heterocycles. The molecule has 2 N–H and O–H groups in total. The summed E-state index contributed by atoms with van der Waals surface area (Å²) in [5.41, 5.74) is 0. The van der Waals surface area contributed by atoms with Crippen molar-refractivity contribution in [2.45, 2.75) is 18.9 Å². The third-order valence-electron chi connectivity index (χ3n) is 2.51. The Bertz CT molecular complexity index is 130. The topological polar surface area (TPSA) is 33.3 Å². The molecule has 2 fully saturated rings. The average molecular weight is 170 g/mol. The first-order valence-electron chi connectivity index (χ1n) is 4.98. The van der Waals surface area contributed by atoms with Crippen LogP contribution < -0.4 is 10.6 Å². The highest BCUT2D eigenvalue weighted by molar-refractivity contribution is 4.77. The Morgan fingerprint density at radius 2 is 2.25 bits per heavy atom. The number of ether oxygens (including phenoxy) is 1. The van der Waals surface area contributed by atoms with Gasteiger partial charge in [-0.2, -0.15) is 0 Å². The smallest absolute Gasteiger partial charge is 0.0824 e. The minimum atomic E-state index is 0.400. The van der Waals surface area contributed by atoms with Gasteiger partial charge in [0.1, 0.15) is 0 Å². The van der Waals surface area contributed by atoms with E-state index in [0.717, 1.165) is 32.2 Å². The summed E-state index contributed by atoms with van der Waals surface area (Å²) in [5.74, 6) is 0.974. The van der Waals surface area contributed by atoms with Gasteiger partial charge in [-0.1, -0.05) is 0 Å². The summed E-state index contributed by atoms with van der Waals surface area (Å²) in [4.78, 5) is 0. The fraction of sp³-hybridized carbons (Fsp3) is 1.00. The maximum Gasteiger partial charge on any atom is 0.0824 e. The lowest BCUT2D eigenvalue weighted by atomic mass is 10.3. The molecule has 12 heavy (non-hydrogen) atoms. The highest BCUT2D eigenvalue weighted by Gasteiger charge is 2.21. The van der Waals surface area contributed by atoms with Crippen molar-refractivity contribution < 1.29 is 4.74 Å². The predicted octanol–water partition coefficient (Wildman–Crippen LogP) is -0.0256. The Balaban J connectivity index is 1.52. The van der Waals surface area contributed by atoms with Crippen LogP contribution >= 0.6 is 0 Å². The molecular weight excluding hydrogens is 152 g/mol. The lowest BCUT2D eigenvalue weighted by Crippen LogP contribution is -2.44. The molecular formula is C9H18N2O. The molecule has 3 heteroatoms. The van der Waals surface area contributed by atoms with Gasteiger partial charge in [0.15, 0.2) is 0 Å². The van der Waals surface area contributed by atoms with Crippen molar-refractivity contribution in [1.82, 2.24) is 10.6 Å². The molecule has 0 aromatic carbocycles. The molecule has 0 aromatic rings. The molecule has 1 heterocycles. The van der Waals surface area contributed by atoms with E-state index in [9.17, 15) is 0 Å². The lowest BCUT2D eigenvalue weighted by molar-refractivity contribution is 0.0292. The second-order valence-corrected chi connectivity index (χ2v) is 3.80. The van der Waals surface area contributed by atoms with Gasteiger partial charge < -0.3 is 15.4 Å². The maximum absolute atomic E-state index is 5.56. The number of morpholine rings is 1. The van der Waals surface area contributed by atoms with E-state index in [-0.39, 0.29) is 0 Å². The van der Waals surface area contributed by atoms with Crippen molar-refractivity contribution in [3.63, 3.8) is 0 Å². The third-order valence-corrected chi connectivity index (χ3v) is 2.51. The van der Waals surface area contributed by atoms with Gasteiger partial charge in [0.2, 0.25) is 0 Å². The normalized spacial score (nSPS) is 30.5. The third kappa shape index (κ3) is 2.73. The standard InChI is InChI=1S/C9H18N2O/c1-2-8(1)5-11-7-9-6-10-3-4-12-9/h8-11H,1-7H2. The van der Waals surface area contributed by atoms with E-state index in [1.54, 1.807) is 0 Å². The van der Waals surface area contributed by atoms with Crippen molar-refractivity contribution in [3.8, 4) is 0 Å². The molecule has 1 saturated heterocycles. The molecule has 0 spiro atoms. The van der Waals surface area contributed by atoms with Crippen molar-refractivity contribution in [1.29, 1.82) is 0 Å². The molecule has 1 aliphatic carbocycles. The van der Waals surface area contributed by atoms with Crippen LogP contribution in [0.2, 0.25) is 0 Å². The van der Waals surface area contributed by atoms with Gasteiger partial charge in [-0.15, -0.1) is 0 Å². The second kappa shape index (κ2) is 4.21. The summed E-state index contributed by atoms with van der Waals surface area (Å²) in [7, 11) is 0. The van der Waals surface area contributed by atoms with E-state index in [1.165, 1.54) is 19.4 Å². The van der Waals surface area contributed by atoms with E-state index >= 15 is 0 Å². The van der Waals surface area contributed by atoms with Gasteiger partial charge >= 0.3 is 0 Å². The molecule has 2 aliphatic rings. The summed E-state index contributed by atoms with van der Waals surface area (Å²) < 4.78 is 5.56. The Labute approximate surface area is 73.9 Å². The first kappa shape index (κ1) is 8.48. The van der Waals surface area contributed by atoms with E-state index < -0.39 is 0 Å². The van der Waals surface area contributed by atoms with Gasteiger partial charge in [0, 0.05) is 19.6 Å². The van der Waals surface area contributed by atoms with E-state index in [0.29, 0.717) is 6.10 Å². The van der Waals surface area contributed by atoms with Crippen LogP contribution in [0.15, 0.2) is 0 Å². The molecule has 1 atom stereocenters. The van der Waals surface area contributed by atoms with Crippen LogP contribution in [0.25, 0.3) is 0 Å². The Kier molecular flexibility index (Phi) is 2.98. The SMILES string of the molecule is C1COC(CNCC2CC2)CN1. The average Bonchev–Trinajstić information content (AvgIpc) is 2.90. The quantitative estimate of drug-likeness (QED) is 0.622. The van der Waals surface area contributed by atoms with E-state index in [1.807, 2.05) is 0 Å². The predicted molar refractivity (Wildman–Crippen MR) is 48.2 cm³/mol. The monoisotopic (exact) mass is 170 g/mol. The second-order valence-electron chi connectivity index (χ2n) is 3.80. The maximum atomic E-state index is 5.56. The number of hydrogen-bond donors (Lipinski definition) is 2. The molecule has 0 amide bonds. The van der Waals surface area contributed by atoms with Gasteiger partial charge in [0.25, 0.3) is 0 Å². The van der Waals surface area contributed by atoms with E-state index in [4.69, 9.17) is 4.74 Å². The highest BCUT2D eigenvalue weighted by Crippen LogP contribution is 2.27. The van der Waals surface area contributed by atoms with Crippen molar-refractivity contribution in [2.24, 2.45) is 5.92 Å². The van der Waals surface area contributed by atoms with Crippen LogP contribution in [0.3, 0.4) is 0 Å². The molecule has 70 valence electrons. The number of nitrogens with one attached hydrogen (secondary N) is 2. The largest absolute Gasteiger partial charge is 0.374 e. The number of rotatable bonds is 4. The van der Waals surface area contributed by atoms with Crippen LogP contribution in [-0.4, -0.2) is 38.9 Å². The fourth-order valence-electron chi connectivity index (χ4n) is 1.52. The molecule has 3 nitrogen and oxygen atoms in total. The summed E-state index contributed by atoms with van der Waals surface area (Å²) in [6.45, 7) is 5.11. The van der Waals surface area contributed by atoms with Crippen LogP contribution in [0.4, 0.5) is 0 Å². The molecule has 0 bridgehead atoms. The first-order chi connectivity index (χ1) is 5.95. The van der Waals surface area contributed by atoms with Gasteiger partial charge in [-0.05, 0) is 25.3 Å². The van der Waals surface area contributed by atoms with Crippen LogP contribution in [-0.2, 0) is 4.74 Å². The Morgan fingerprint density at radius 3 is 2.92 bits per heavy atom. The summed E-state index contributed by atoms with van der Waals surface area (Å²) in [5, 5.41) is 6.78. The molecule has 1 saturated carbocycles. The van der Waals surface area contributed by atoms with Crippen molar-refractivity contribution >= 4 is 0 Å². The highest BCUT2D eigenvalue weighted by atomic mass is 16.5. The minimum Gasteiger partial charge on any atom is -0.374 e. The zero-order valence-corrected chi connectivity index (χ0v) is 7.51. The Hall–Kier alpha value is -0.120. The lowest BCUT2D eigenvalue weighted by Gasteiger charge is -2.23. The Morgan fingerprint density at radius 1 is 1.33 bits per heavy atom. The van der Waals surface area contributed by atoms with Crippen molar-refractivity contribution in [3.05, 3.63) is 0 Å². The van der Waals surface area contributed by atoms with Gasteiger partial charge in [-0.3, -0.25) is 0 Å². The van der Waals surface area contributed by atoms with Gasteiger partial charge in [0.05, 0.1) is 12.7 Å². The summed E-state index contributed by atoms with van der Waals surface area (Å²) >= 11 is 0. The zero-order valence-electron chi connectivity index (χ0n) is 7.51. The summed E-state index contributed by atoms with van der Waals surface area (Å²) in [6.07, 6.45) is 3.26.